The molecule has 1 heterocycles. The number of aryl methyl sites for hydroxylation is 1. The van der Waals surface area contributed by atoms with E-state index in [2.05, 4.69) is 52.7 Å². The van der Waals surface area contributed by atoms with Gasteiger partial charge in [0.15, 0.2) is 0 Å². The highest BCUT2D eigenvalue weighted by Gasteiger charge is 2.02. The molecule has 22 heavy (non-hydrogen) atoms. The van der Waals surface area contributed by atoms with Gasteiger partial charge in [0.1, 0.15) is 11.9 Å². The normalized spacial score (nSPS) is 9.32. The van der Waals surface area contributed by atoms with E-state index in [1.807, 2.05) is 18.2 Å². The van der Waals surface area contributed by atoms with Gasteiger partial charge in [-0.3, -0.25) is 0 Å². The van der Waals surface area contributed by atoms with E-state index in [4.69, 9.17) is 14.3 Å². The van der Waals surface area contributed by atoms with Crippen molar-refractivity contribution in [2.24, 2.45) is 0 Å². The number of nitrogens with zero attached hydrogens (tertiary/aromatic N) is 2. The Morgan fingerprint density at radius 2 is 1.77 bits per heavy atom. The molecule has 3 aromatic rings. The third-order valence-electron chi connectivity index (χ3n) is 2.83. The summed E-state index contributed by atoms with van der Waals surface area (Å²) in [7, 11) is 0. The van der Waals surface area contributed by atoms with E-state index in [-0.39, 0.29) is 6.15 Å². The van der Waals surface area contributed by atoms with Crippen LogP contribution in [0.25, 0.3) is 11.1 Å². The third-order valence-corrected chi connectivity index (χ3v) is 2.83. The maximum absolute atomic E-state index is 8.12. The summed E-state index contributed by atoms with van der Waals surface area (Å²) >= 11 is 0. The summed E-state index contributed by atoms with van der Waals surface area (Å²) in [6.45, 7) is 2.08. The first-order chi connectivity index (χ1) is 10.7. The maximum atomic E-state index is 8.12. The van der Waals surface area contributed by atoms with E-state index in [1.54, 1.807) is 6.20 Å². The molecule has 2 aromatic carbocycles. The van der Waals surface area contributed by atoms with Crippen molar-refractivity contribution in [2.45, 2.75) is 6.92 Å². The molecular formula is C16H13N3O3. The quantitative estimate of drug-likeness (QED) is 0.802. The molecule has 0 aliphatic rings. The summed E-state index contributed by atoms with van der Waals surface area (Å²) in [4.78, 5) is 16.2. The van der Waals surface area contributed by atoms with Crippen molar-refractivity contribution in [1.29, 1.82) is 0 Å². The highest BCUT2D eigenvalue weighted by atomic mass is 16.5. The van der Waals surface area contributed by atoms with Gasteiger partial charge in [0.05, 0.1) is 0 Å². The molecule has 0 amide bonds. The van der Waals surface area contributed by atoms with Crippen LogP contribution in [-0.2, 0) is 9.59 Å². The Labute approximate surface area is 126 Å². The van der Waals surface area contributed by atoms with Crippen molar-refractivity contribution in [2.75, 3.05) is 0 Å². The van der Waals surface area contributed by atoms with Crippen LogP contribution in [0, 0.1) is 6.92 Å². The summed E-state index contributed by atoms with van der Waals surface area (Å²) in [5.74, 6) is 1.20. The van der Waals surface area contributed by atoms with E-state index in [9.17, 15) is 0 Å². The van der Waals surface area contributed by atoms with Crippen molar-refractivity contribution < 1.29 is 14.3 Å². The Morgan fingerprint density at radius 3 is 2.41 bits per heavy atom. The van der Waals surface area contributed by atoms with Gasteiger partial charge in [-0.05, 0) is 30.2 Å². The van der Waals surface area contributed by atoms with E-state index < -0.39 is 0 Å². The number of H-pyrrole nitrogens is 1. The van der Waals surface area contributed by atoms with Crippen LogP contribution in [0.1, 0.15) is 5.56 Å². The first-order valence-electron chi connectivity index (χ1n) is 6.43. The summed E-state index contributed by atoms with van der Waals surface area (Å²) < 4.78 is 5.60. The van der Waals surface area contributed by atoms with E-state index in [1.165, 1.54) is 5.56 Å². The lowest BCUT2D eigenvalue weighted by Gasteiger charge is -2.05. The molecule has 6 heteroatoms. The molecular weight excluding hydrogens is 282 g/mol. The summed E-state index contributed by atoms with van der Waals surface area (Å²) in [6, 6.07) is 16.3. The van der Waals surface area contributed by atoms with E-state index >= 15 is 0 Å². The summed E-state index contributed by atoms with van der Waals surface area (Å²) in [5, 5.41) is 10.1. The van der Waals surface area contributed by atoms with Crippen LogP contribution >= 0.6 is 0 Å². The van der Waals surface area contributed by atoms with Gasteiger partial charge in [0.25, 0.3) is 5.88 Å². The predicted molar refractivity (Wildman–Crippen MR) is 78.1 cm³/mol. The van der Waals surface area contributed by atoms with Crippen LogP contribution in [0.3, 0.4) is 0 Å². The molecule has 0 fully saturated rings. The molecule has 0 saturated heterocycles. The largest absolute Gasteiger partial charge is 0.436 e. The third kappa shape index (κ3) is 4.13. The lowest BCUT2D eigenvalue weighted by atomic mass is 10.0. The highest BCUT2D eigenvalue weighted by molar-refractivity contribution is 5.65. The molecule has 0 atom stereocenters. The molecule has 1 N–H and O–H groups in total. The molecule has 0 aliphatic heterocycles. The second kappa shape index (κ2) is 7.52. The average Bonchev–Trinajstić information content (AvgIpc) is 3.02. The number of carbonyl (C=O) groups excluding carboxylic acids is 2. The van der Waals surface area contributed by atoms with Crippen LogP contribution in [0.4, 0.5) is 0 Å². The minimum absolute atomic E-state index is 0.250. The van der Waals surface area contributed by atoms with Gasteiger partial charge < -0.3 is 4.74 Å². The highest BCUT2D eigenvalue weighted by Crippen LogP contribution is 2.26. The zero-order valence-electron chi connectivity index (χ0n) is 11.8. The molecule has 3 rings (SSSR count). The minimum atomic E-state index is 0.250. The van der Waals surface area contributed by atoms with Crippen molar-refractivity contribution in [3.8, 4) is 22.8 Å². The fraction of sp³-hybridized carbons (Fsp3) is 0.0625. The van der Waals surface area contributed by atoms with Crippen LogP contribution in [-0.4, -0.2) is 21.6 Å². The number of aromatic nitrogens is 3. The molecule has 6 nitrogen and oxygen atoms in total. The molecule has 1 aromatic heterocycles. The number of hydrogen-bond donors (Lipinski definition) is 1. The van der Waals surface area contributed by atoms with Gasteiger partial charge in [0.2, 0.25) is 0 Å². The van der Waals surface area contributed by atoms with E-state index in [0.29, 0.717) is 5.88 Å². The number of hydrogen-bond acceptors (Lipinski definition) is 5. The van der Waals surface area contributed by atoms with Crippen molar-refractivity contribution in [1.82, 2.24) is 15.4 Å². The maximum Gasteiger partial charge on any atom is 0.373 e. The topological polar surface area (TPSA) is 84.9 Å². The Kier molecular flexibility index (Phi) is 5.18. The van der Waals surface area contributed by atoms with Crippen LogP contribution < -0.4 is 4.74 Å². The zero-order valence-corrected chi connectivity index (χ0v) is 11.8. The molecule has 0 aliphatic carbocycles. The number of nitrogens with one attached hydrogen (secondary N) is 1. The number of benzene rings is 2. The number of ether oxygens (including phenoxy) is 1. The van der Waals surface area contributed by atoms with Gasteiger partial charge in [-0.1, -0.05) is 42.0 Å². The van der Waals surface area contributed by atoms with Crippen LogP contribution in [0.2, 0.25) is 0 Å². The first kappa shape index (κ1) is 15.2. The number of aromatic amines is 1. The fourth-order valence-corrected chi connectivity index (χ4v) is 1.85. The van der Waals surface area contributed by atoms with Gasteiger partial charge in [0, 0.05) is 0 Å². The molecule has 0 radical (unpaired) electrons. The standard InChI is InChI=1S/C15H13N3O.CO2/c1-11-5-7-12(8-6-11)13-3-2-4-14(9-13)19-15-10-16-18-17-15;2-1-3/h2-10H,1H3,(H,16,17,18);. The van der Waals surface area contributed by atoms with Gasteiger partial charge in [-0.25, -0.2) is 0 Å². The molecule has 0 bridgehead atoms. The van der Waals surface area contributed by atoms with Gasteiger partial charge >= 0.3 is 6.15 Å². The number of rotatable bonds is 3. The van der Waals surface area contributed by atoms with Gasteiger partial charge in [-0.15, -0.1) is 5.10 Å². The second-order valence-corrected chi connectivity index (χ2v) is 4.39. The summed E-state index contributed by atoms with van der Waals surface area (Å²) in [6.07, 6.45) is 1.79. The Balaban J connectivity index is 0.000000545. The second-order valence-electron chi connectivity index (χ2n) is 4.39. The lowest BCUT2D eigenvalue weighted by molar-refractivity contribution is -0.191. The summed E-state index contributed by atoms with van der Waals surface area (Å²) in [5.41, 5.74) is 3.52. The first-order valence-corrected chi connectivity index (χ1v) is 6.43. The van der Waals surface area contributed by atoms with Crippen LogP contribution in [0.15, 0.2) is 54.7 Å². The van der Waals surface area contributed by atoms with Crippen molar-refractivity contribution in [3.63, 3.8) is 0 Å². The lowest BCUT2D eigenvalue weighted by Crippen LogP contribution is -1.85. The van der Waals surface area contributed by atoms with Gasteiger partial charge in [-0.2, -0.15) is 19.9 Å². The predicted octanol–water partition coefficient (Wildman–Crippen LogP) is 2.99. The fourth-order valence-electron chi connectivity index (χ4n) is 1.85. The monoisotopic (exact) mass is 295 g/mol. The van der Waals surface area contributed by atoms with Crippen LogP contribution in [0.5, 0.6) is 11.6 Å². The minimum Gasteiger partial charge on any atom is -0.436 e. The van der Waals surface area contributed by atoms with E-state index in [0.717, 1.165) is 16.9 Å². The van der Waals surface area contributed by atoms with Crippen molar-refractivity contribution in [3.05, 3.63) is 60.3 Å². The molecule has 0 unspecified atom stereocenters. The average molecular weight is 295 g/mol. The molecule has 0 saturated carbocycles. The van der Waals surface area contributed by atoms with Crippen molar-refractivity contribution >= 4 is 6.15 Å². The zero-order chi connectivity index (χ0) is 15.8. The Morgan fingerprint density at radius 1 is 1.05 bits per heavy atom. The smallest absolute Gasteiger partial charge is 0.373 e. The molecule has 110 valence electrons. The molecule has 0 spiro atoms. The Hall–Kier alpha value is -3.24. The Bertz CT molecular complexity index is 747. The SMILES string of the molecule is Cc1ccc(-c2cccc(Oc3cn[nH]n3)c2)cc1.O=C=O.